The molecule has 1 aliphatic heterocycles. The molecule has 4 nitrogen and oxygen atoms in total. The number of aliphatic carboxylic acids is 1. The van der Waals surface area contributed by atoms with Crippen LogP contribution >= 0.6 is 0 Å². The van der Waals surface area contributed by atoms with Crippen molar-refractivity contribution in [2.45, 2.75) is 52.4 Å². The highest BCUT2D eigenvalue weighted by Crippen LogP contribution is 2.23. The molecule has 0 bridgehead atoms. The van der Waals surface area contributed by atoms with Crippen molar-refractivity contribution >= 4 is 5.97 Å². The van der Waals surface area contributed by atoms with E-state index in [1.165, 1.54) is 0 Å². The van der Waals surface area contributed by atoms with Crippen LogP contribution in [0.2, 0.25) is 0 Å². The average Bonchev–Trinajstić information content (AvgIpc) is 2.34. The number of piperidine rings is 1. The van der Waals surface area contributed by atoms with E-state index >= 15 is 0 Å². The normalized spacial score (nSPS) is 21.0. The molecule has 1 unspecified atom stereocenters. The van der Waals surface area contributed by atoms with Gasteiger partial charge in [-0.2, -0.15) is 5.26 Å². The van der Waals surface area contributed by atoms with Gasteiger partial charge in [0, 0.05) is 13.0 Å². The van der Waals surface area contributed by atoms with Gasteiger partial charge in [0.25, 0.3) is 0 Å². The van der Waals surface area contributed by atoms with Gasteiger partial charge in [-0.3, -0.25) is 4.79 Å². The van der Waals surface area contributed by atoms with Crippen molar-refractivity contribution < 1.29 is 9.90 Å². The third-order valence-corrected chi connectivity index (χ3v) is 3.90. The number of hydrogen-bond acceptors (Lipinski definition) is 3. The first kappa shape index (κ1) is 16.0. The van der Waals surface area contributed by atoms with Gasteiger partial charge in [-0.15, -0.1) is 0 Å². The Morgan fingerprint density at radius 2 is 2.21 bits per heavy atom. The zero-order valence-electron chi connectivity index (χ0n) is 12.2. The van der Waals surface area contributed by atoms with E-state index in [0.29, 0.717) is 12.3 Å². The lowest BCUT2D eigenvalue weighted by Gasteiger charge is -2.32. The molecule has 0 aromatic rings. The summed E-state index contributed by atoms with van der Waals surface area (Å²) < 4.78 is 0. The Bertz CT molecular complexity index is 334. The predicted octanol–water partition coefficient (Wildman–Crippen LogP) is 2.89. The van der Waals surface area contributed by atoms with Crippen molar-refractivity contribution in [1.82, 2.24) is 4.90 Å². The van der Waals surface area contributed by atoms with Crippen molar-refractivity contribution in [1.29, 1.82) is 5.26 Å². The number of nitrogens with zero attached hydrogens (tertiary/aromatic N) is 2. The highest BCUT2D eigenvalue weighted by atomic mass is 16.4. The molecule has 1 aliphatic rings. The summed E-state index contributed by atoms with van der Waals surface area (Å²) in [5, 5.41) is 17.8. The molecule has 0 aliphatic carbocycles. The first-order valence-corrected chi connectivity index (χ1v) is 7.28. The molecule has 4 heteroatoms. The van der Waals surface area contributed by atoms with Crippen LogP contribution in [0.1, 0.15) is 52.4 Å². The Kier molecular flexibility index (Phi) is 6.30. The van der Waals surface area contributed by atoms with E-state index in [1.807, 2.05) is 13.8 Å². The van der Waals surface area contributed by atoms with Gasteiger partial charge in [-0.05, 0) is 58.5 Å². The number of carboxylic acids is 1. The molecule has 1 rings (SSSR count). The second kappa shape index (κ2) is 7.49. The minimum Gasteiger partial charge on any atom is -0.481 e. The summed E-state index contributed by atoms with van der Waals surface area (Å²) >= 11 is 0. The first-order chi connectivity index (χ1) is 8.93. The number of unbranched alkanes of at least 4 members (excludes halogenated alkanes) is 1. The highest BCUT2D eigenvalue weighted by molar-refractivity contribution is 5.67. The molecule has 0 aromatic carbocycles. The molecule has 0 aromatic heterocycles. The number of carboxylic acid groups (broad SMARTS) is 1. The summed E-state index contributed by atoms with van der Waals surface area (Å²) in [4.78, 5) is 13.1. The van der Waals surface area contributed by atoms with Gasteiger partial charge in [0.2, 0.25) is 0 Å². The summed E-state index contributed by atoms with van der Waals surface area (Å²) in [5.41, 5.74) is -0.215. The van der Waals surface area contributed by atoms with Crippen LogP contribution in [0.4, 0.5) is 0 Å². The van der Waals surface area contributed by atoms with Crippen molar-refractivity contribution in [3.63, 3.8) is 0 Å². The Balaban J connectivity index is 2.19. The number of nitriles is 1. The predicted molar refractivity (Wildman–Crippen MR) is 74.7 cm³/mol. The largest absolute Gasteiger partial charge is 0.481 e. The molecule has 1 fully saturated rings. The molecule has 1 heterocycles. The molecule has 1 atom stereocenters. The molecule has 0 radical (unpaired) electrons. The zero-order valence-corrected chi connectivity index (χ0v) is 12.2. The van der Waals surface area contributed by atoms with Gasteiger partial charge < -0.3 is 10.0 Å². The lowest BCUT2D eigenvalue weighted by molar-refractivity contribution is -0.138. The Hall–Kier alpha value is -1.08. The van der Waals surface area contributed by atoms with Crippen molar-refractivity contribution in [2.24, 2.45) is 11.3 Å². The molecule has 0 saturated carbocycles. The van der Waals surface area contributed by atoms with Crippen molar-refractivity contribution in [2.75, 3.05) is 19.6 Å². The maximum Gasteiger partial charge on any atom is 0.303 e. The van der Waals surface area contributed by atoms with Gasteiger partial charge in [0.1, 0.15) is 0 Å². The van der Waals surface area contributed by atoms with Crippen LogP contribution in [0.15, 0.2) is 0 Å². The minimum atomic E-state index is -0.678. The van der Waals surface area contributed by atoms with E-state index in [9.17, 15) is 4.79 Å². The van der Waals surface area contributed by atoms with Crippen molar-refractivity contribution in [3.05, 3.63) is 0 Å². The Morgan fingerprint density at radius 1 is 1.47 bits per heavy atom. The minimum absolute atomic E-state index is 0.215. The molecule has 19 heavy (non-hydrogen) atoms. The van der Waals surface area contributed by atoms with Gasteiger partial charge in [-0.1, -0.05) is 6.42 Å². The topological polar surface area (TPSA) is 64.3 Å². The van der Waals surface area contributed by atoms with Crippen LogP contribution in [0.3, 0.4) is 0 Å². The highest BCUT2D eigenvalue weighted by Gasteiger charge is 2.22. The fourth-order valence-corrected chi connectivity index (χ4v) is 2.73. The van der Waals surface area contributed by atoms with E-state index < -0.39 is 5.97 Å². The van der Waals surface area contributed by atoms with Crippen molar-refractivity contribution in [3.8, 4) is 6.07 Å². The van der Waals surface area contributed by atoms with E-state index in [4.69, 9.17) is 10.4 Å². The number of carbonyl (C=O) groups is 1. The SMILES string of the molecule is CC(C)(C#N)CCCCN1CCCC(CC(=O)O)C1. The molecule has 108 valence electrons. The smallest absolute Gasteiger partial charge is 0.303 e. The van der Waals surface area contributed by atoms with Crippen LogP contribution in [0, 0.1) is 22.7 Å². The molecular weight excluding hydrogens is 240 g/mol. The Morgan fingerprint density at radius 3 is 2.84 bits per heavy atom. The van der Waals surface area contributed by atoms with Crippen LogP contribution in [0.25, 0.3) is 0 Å². The van der Waals surface area contributed by atoms with Gasteiger partial charge in [-0.25, -0.2) is 0 Å². The lowest BCUT2D eigenvalue weighted by Crippen LogP contribution is -2.36. The summed E-state index contributed by atoms with van der Waals surface area (Å²) in [6.45, 7) is 7.02. The molecule has 1 N–H and O–H groups in total. The van der Waals surface area contributed by atoms with Crippen LogP contribution < -0.4 is 0 Å². The summed E-state index contributed by atoms with van der Waals surface area (Å²) in [6, 6.07) is 2.33. The third-order valence-electron chi connectivity index (χ3n) is 3.90. The molecule has 0 spiro atoms. The fraction of sp³-hybridized carbons (Fsp3) is 0.867. The lowest BCUT2D eigenvalue weighted by atomic mass is 9.89. The van der Waals surface area contributed by atoms with E-state index in [1.54, 1.807) is 0 Å². The van der Waals surface area contributed by atoms with Crippen LogP contribution in [0.5, 0.6) is 0 Å². The first-order valence-electron chi connectivity index (χ1n) is 7.28. The summed E-state index contributed by atoms with van der Waals surface area (Å²) in [5.74, 6) is -0.357. The van der Waals surface area contributed by atoms with Gasteiger partial charge in [0.05, 0.1) is 11.5 Å². The summed E-state index contributed by atoms with van der Waals surface area (Å²) in [7, 11) is 0. The number of likely N-dealkylation sites (tertiary alicyclic amines) is 1. The maximum atomic E-state index is 10.7. The fourth-order valence-electron chi connectivity index (χ4n) is 2.73. The number of rotatable bonds is 7. The average molecular weight is 266 g/mol. The molecular formula is C15H26N2O2. The molecule has 0 amide bonds. The van der Waals surface area contributed by atoms with Crippen LogP contribution in [-0.2, 0) is 4.79 Å². The van der Waals surface area contributed by atoms with Gasteiger partial charge >= 0.3 is 5.97 Å². The quantitative estimate of drug-likeness (QED) is 0.720. The number of hydrogen-bond donors (Lipinski definition) is 1. The monoisotopic (exact) mass is 266 g/mol. The second-order valence-corrected chi connectivity index (χ2v) is 6.36. The maximum absolute atomic E-state index is 10.7. The van der Waals surface area contributed by atoms with Crippen LogP contribution in [-0.4, -0.2) is 35.6 Å². The second-order valence-electron chi connectivity index (χ2n) is 6.36. The summed E-state index contributed by atoms with van der Waals surface area (Å²) in [6.07, 6.45) is 5.57. The standard InChI is InChI=1S/C15H26N2O2/c1-15(2,12-16)7-3-4-8-17-9-5-6-13(11-17)10-14(18)19/h13H,3-11H2,1-2H3,(H,18,19). The van der Waals surface area contributed by atoms with E-state index in [-0.39, 0.29) is 5.41 Å². The van der Waals surface area contributed by atoms with E-state index in [2.05, 4.69) is 11.0 Å². The zero-order chi connectivity index (χ0) is 14.3. The third kappa shape index (κ3) is 6.58. The van der Waals surface area contributed by atoms with E-state index in [0.717, 1.165) is 51.7 Å². The van der Waals surface area contributed by atoms with Gasteiger partial charge in [0.15, 0.2) is 0 Å². The Labute approximate surface area is 116 Å². The molecule has 1 saturated heterocycles.